The van der Waals surface area contributed by atoms with Crippen LogP contribution in [0.5, 0.6) is 0 Å². The molecule has 1 aliphatic heterocycles. The van der Waals surface area contributed by atoms with Crippen LogP contribution in [0.15, 0.2) is 12.2 Å². The molecule has 0 radical (unpaired) electrons. The normalized spacial score (nSPS) is 36.1. The fourth-order valence-corrected chi connectivity index (χ4v) is 4.23. The standard InChI is InChI=1S/C14H18N2O3/c1-2-14(10(17)15-12(19)16-11(14)18)13-6-3-4-9(8-13)5-7-13/h3,6,9H,2,4-5,7-8H2,1H3,(H2,15,16,17,18,19). The minimum atomic E-state index is -1.13. The zero-order valence-corrected chi connectivity index (χ0v) is 11.0. The Morgan fingerprint density at radius 1 is 1.26 bits per heavy atom. The molecule has 5 nitrogen and oxygen atoms in total. The molecule has 2 atom stereocenters. The van der Waals surface area contributed by atoms with Gasteiger partial charge in [-0.2, -0.15) is 0 Å². The van der Waals surface area contributed by atoms with E-state index in [1.165, 1.54) is 0 Å². The molecule has 5 heteroatoms. The lowest BCUT2D eigenvalue weighted by molar-refractivity contribution is -0.152. The molecule has 2 bridgehead atoms. The van der Waals surface area contributed by atoms with Crippen LogP contribution in [0.1, 0.15) is 39.0 Å². The topological polar surface area (TPSA) is 75.3 Å². The van der Waals surface area contributed by atoms with Crippen LogP contribution in [-0.2, 0) is 9.59 Å². The second-order valence-corrected chi connectivity index (χ2v) is 5.90. The Hall–Kier alpha value is -1.65. The van der Waals surface area contributed by atoms with Crippen molar-refractivity contribution in [2.24, 2.45) is 16.7 Å². The molecule has 2 unspecified atom stereocenters. The van der Waals surface area contributed by atoms with Crippen LogP contribution < -0.4 is 10.6 Å². The van der Waals surface area contributed by atoms with Crippen LogP contribution in [0.3, 0.4) is 0 Å². The average Bonchev–Trinajstić information content (AvgIpc) is 2.65. The molecule has 0 spiro atoms. The first-order chi connectivity index (χ1) is 9.04. The number of hydrogen-bond donors (Lipinski definition) is 2. The van der Waals surface area contributed by atoms with Gasteiger partial charge in [0.2, 0.25) is 11.8 Å². The number of fused-ring (bicyclic) bond motifs is 2. The number of rotatable bonds is 2. The van der Waals surface area contributed by atoms with E-state index in [2.05, 4.69) is 22.8 Å². The van der Waals surface area contributed by atoms with Crippen molar-refractivity contribution in [3.8, 4) is 0 Å². The predicted molar refractivity (Wildman–Crippen MR) is 67.9 cm³/mol. The van der Waals surface area contributed by atoms with Gasteiger partial charge in [0.25, 0.3) is 0 Å². The third kappa shape index (κ3) is 1.44. The Balaban J connectivity index is 2.10. The number of allylic oxidation sites excluding steroid dienone is 2. The summed E-state index contributed by atoms with van der Waals surface area (Å²) in [5, 5.41) is 4.57. The highest BCUT2D eigenvalue weighted by molar-refractivity contribution is 6.19. The fraction of sp³-hybridized carbons (Fsp3) is 0.643. The lowest BCUT2D eigenvalue weighted by atomic mass is 9.57. The maximum Gasteiger partial charge on any atom is 0.328 e. The van der Waals surface area contributed by atoms with E-state index in [9.17, 15) is 14.4 Å². The Kier molecular flexibility index (Phi) is 2.56. The first-order valence-electron chi connectivity index (χ1n) is 6.89. The quantitative estimate of drug-likeness (QED) is 0.585. The molecular weight excluding hydrogens is 244 g/mol. The minimum Gasteiger partial charge on any atom is -0.277 e. The smallest absolute Gasteiger partial charge is 0.277 e. The van der Waals surface area contributed by atoms with Crippen molar-refractivity contribution in [3.63, 3.8) is 0 Å². The second-order valence-electron chi connectivity index (χ2n) is 5.90. The number of carbonyl (C=O) groups excluding carboxylic acids is 3. The Bertz CT molecular complexity index is 477. The lowest BCUT2D eigenvalue weighted by Gasteiger charge is -2.46. The summed E-state index contributed by atoms with van der Waals surface area (Å²) in [5.41, 5.74) is -1.55. The number of imide groups is 2. The number of carbonyl (C=O) groups is 3. The van der Waals surface area contributed by atoms with Crippen LogP contribution >= 0.6 is 0 Å². The van der Waals surface area contributed by atoms with E-state index >= 15 is 0 Å². The largest absolute Gasteiger partial charge is 0.328 e. The molecule has 2 fully saturated rings. The molecule has 2 N–H and O–H groups in total. The van der Waals surface area contributed by atoms with Gasteiger partial charge in [-0.05, 0) is 38.0 Å². The molecule has 1 heterocycles. The van der Waals surface area contributed by atoms with Gasteiger partial charge < -0.3 is 0 Å². The van der Waals surface area contributed by atoms with Gasteiger partial charge in [0.05, 0.1) is 0 Å². The minimum absolute atomic E-state index is 0.412. The van der Waals surface area contributed by atoms with Gasteiger partial charge in [0, 0.05) is 5.41 Å². The van der Waals surface area contributed by atoms with Crippen molar-refractivity contribution in [1.29, 1.82) is 0 Å². The fourth-order valence-electron chi connectivity index (χ4n) is 4.23. The monoisotopic (exact) mass is 262 g/mol. The maximum atomic E-state index is 12.4. The molecular formula is C14H18N2O3. The average molecular weight is 262 g/mol. The first-order valence-corrected chi connectivity index (χ1v) is 6.89. The molecule has 19 heavy (non-hydrogen) atoms. The summed E-state index contributed by atoms with van der Waals surface area (Å²) in [4.78, 5) is 36.1. The van der Waals surface area contributed by atoms with E-state index in [4.69, 9.17) is 0 Å². The molecule has 0 aromatic carbocycles. The molecule has 1 saturated heterocycles. The SMILES string of the molecule is CCC1(C23C=CCC(CC2)C3)C(=O)NC(=O)NC1=O. The van der Waals surface area contributed by atoms with Gasteiger partial charge in [-0.1, -0.05) is 19.1 Å². The molecule has 0 aromatic heterocycles. The molecule has 3 rings (SSSR count). The van der Waals surface area contributed by atoms with Crippen molar-refractivity contribution in [3.05, 3.63) is 12.2 Å². The summed E-state index contributed by atoms with van der Waals surface area (Å²) in [6.07, 6.45) is 8.34. The summed E-state index contributed by atoms with van der Waals surface area (Å²) in [5.74, 6) is -0.307. The van der Waals surface area contributed by atoms with E-state index in [1.807, 2.05) is 6.92 Å². The van der Waals surface area contributed by atoms with Crippen LogP contribution in [0.2, 0.25) is 0 Å². The highest BCUT2D eigenvalue weighted by Crippen LogP contribution is 2.59. The number of nitrogens with one attached hydrogen (secondary N) is 2. The van der Waals surface area contributed by atoms with E-state index in [1.54, 1.807) is 0 Å². The highest BCUT2D eigenvalue weighted by atomic mass is 16.2. The van der Waals surface area contributed by atoms with Crippen LogP contribution in [0.25, 0.3) is 0 Å². The van der Waals surface area contributed by atoms with Crippen LogP contribution in [-0.4, -0.2) is 17.8 Å². The van der Waals surface area contributed by atoms with Crippen molar-refractivity contribution in [2.45, 2.75) is 39.0 Å². The molecule has 1 saturated carbocycles. The maximum absolute atomic E-state index is 12.4. The van der Waals surface area contributed by atoms with E-state index in [0.717, 1.165) is 25.7 Å². The Labute approximate surface area is 111 Å². The van der Waals surface area contributed by atoms with E-state index in [-0.39, 0.29) is 0 Å². The second kappa shape index (κ2) is 3.92. The van der Waals surface area contributed by atoms with Gasteiger partial charge >= 0.3 is 6.03 Å². The van der Waals surface area contributed by atoms with Gasteiger partial charge in [0.1, 0.15) is 5.41 Å². The lowest BCUT2D eigenvalue weighted by Crippen LogP contribution is -2.67. The molecule has 4 amide bonds. The number of amides is 4. The van der Waals surface area contributed by atoms with Crippen molar-refractivity contribution >= 4 is 17.8 Å². The molecule has 0 aromatic rings. The van der Waals surface area contributed by atoms with Crippen molar-refractivity contribution < 1.29 is 14.4 Å². The van der Waals surface area contributed by atoms with Crippen molar-refractivity contribution in [1.82, 2.24) is 10.6 Å². The summed E-state index contributed by atoms with van der Waals surface area (Å²) < 4.78 is 0. The molecule has 3 aliphatic rings. The summed E-state index contributed by atoms with van der Waals surface area (Å²) >= 11 is 0. The first kappa shape index (κ1) is 12.4. The number of urea groups is 1. The van der Waals surface area contributed by atoms with Crippen molar-refractivity contribution in [2.75, 3.05) is 0 Å². The zero-order chi connectivity index (χ0) is 13.7. The molecule has 2 aliphatic carbocycles. The molecule has 102 valence electrons. The van der Waals surface area contributed by atoms with Gasteiger partial charge in [-0.3, -0.25) is 20.2 Å². The van der Waals surface area contributed by atoms with E-state index < -0.39 is 28.7 Å². The predicted octanol–water partition coefficient (Wildman–Crippen LogP) is 1.50. The van der Waals surface area contributed by atoms with E-state index in [0.29, 0.717) is 12.3 Å². The van der Waals surface area contributed by atoms with Gasteiger partial charge in [0.15, 0.2) is 0 Å². The third-order valence-electron chi connectivity index (χ3n) is 5.17. The highest BCUT2D eigenvalue weighted by Gasteiger charge is 2.63. The summed E-state index contributed by atoms with van der Waals surface area (Å²) in [6.45, 7) is 1.85. The summed E-state index contributed by atoms with van der Waals surface area (Å²) in [6, 6.07) is -0.704. The number of barbiturate groups is 1. The number of hydrogen-bond acceptors (Lipinski definition) is 3. The van der Waals surface area contributed by atoms with Crippen LogP contribution in [0, 0.1) is 16.7 Å². The Morgan fingerprint density at radius 2 is 1.95 bits per heavy atom. The van der Waals surface area contributed by atoms with Crippen LogP contribution in [0.4, 0.5) is 4.79 Å². The van der Waals surface area contributed by atoms with Gasteiger partial charge in [-0.15, -0.1) is 0 Å². The van der Waals surface area contributed by atoms with Gasteiger partial charge in [-0.25, -0.2) is 4.79 Å². The zero-order valence-electron chi connectivity index (χ0n) is 11.0. The summed E-state index contributed by atoms with van der Waals surface area (Å²) in [7, 11) is 0. The third-order valence-corrected chi connectivity index (χ3v) is 5.17. The Morgan fingerprint density at radius 3 is 2.58 bits per heavy atom.